The van der Waals surface area contributed by atoms with Crippen molar-refractivity contribution in [3.8, 4) is 0 Å². The second-order valence-electron chi connectivity index (χ2n) is 4.34. The Kier molecular flexibility index (Phi) is 4.22. The quantitative estimate of drug-likeness (QED) is 0.698. The Morgan fingerprint density at radius 2 is 2.14 bits per heavy atom. The first-order valence-corrected chi connectivity index (χ1v) is 7.14. The van der Waals surface area contributed by atoms with Crippen LogP contribution in [-0.4, -0.2) is 37.4 Å². The predicted molar refractivity (Wildman–Crippen MR) is 59.0 cm³/mol. The topological polar surface area (TPSA) is 37.4 Å². The van der Waals surface area contributed by atoms with Gasteiger partial charge in [-0.3, -0.25) is 0 Å². The molecule has 0 amide bonds. The van der Waals surface area contributed by atoms with Gasteiger partial charge in [0.1, 0.15) is 0 Å². The van der Waals surface area contributed by atoms with E-state index in [0.29, 0.717) is 24.9 Å². The molecule has 0 aromatic rings. The number of halogens is 1. The smallest absolute Gasteiger partial charge is 0.212 e. The fraction of sp³-hybridized carbons (Fsp3) is 1.00. The van der Waals surface area contributed by atoms with E-state index in [9.17, 15) is 8.42 Å². The lowest BCUT2D eigenvalue weighted by molar-refractivity contribution is 0.458. The molecule has 14 heavy (non-hydrogen) atoms. The highest BCUT2D eigenvalue weighted by Gasteiger charge is 2.30. The summed E-state index contributed by atoms with van der Waals surface area (Å²) in [6, 6.07) is 0. The molecule has 1 rings (SSSR count). The molecule has 0 aromatic heterocycles. The summed E-state index contributed by atoms with van der Waals surface area (Å²) in [6.45, 7) is 5.10. The van der Waals surface area contributed by atoms with E-state index >= 15 is 0 Å². The van der Waals surface area contributed by atoms with Crippen LogP contribution in [0.1, 0.15) is 20.3 Å². The number of rotatable bonds is 4. The van der Waals surface area contributed by atoms with Crippen LogP contribution >= 0.6 is 11.6 Å². The Morgan fingerprint density at radius 1 is 1.50 bits per heavy atom. The average molecular weight is 240 g/mol. The molecule has 0 N–H and O–H groups in total. The van der Waals surface area contributed by atoms with Crippen LogP contribution in [0.4, 0.5) is 0 Å². The van der Waals surface area contributed by atoms with Crippen molar-refractivity contribution < 1.29 is 8.42 Å². The SMILES string of the molecule is CC(C)CS(=O)(=O)N1CCC(CCl)C1. The van der Waals surface area contributed by atoms with Crippen LogP contribution in [0.5, 0.6) is 0 Å². The van der Waals surface area contributed by atoms with Crippen molar-refractivity contribution >= 4 is 21.6 Å². The Hall–Kier alpha value is 0.200. The summed E-state index contributed by atoms with van der Waals surface area (Å²) in [5.41, 5.74) is 0. The zero-order chi connectivity index (χ0) is 10.8. The maximum absolute atomic E-state index is 11.8. The summed E-state index contributed by atoms with van der Waals surface area (Å²) in [5.74, 6) is 1.35. The van der Waals surface area contributed by atoms with E-state index in [-0.39, 0.29) is 11.7 Å². The minimum absolute atomic E-state index is 0.190. The van der Waals surface area contributed by atoms with Crippen molar-refractivity contribution in [3.05, 3.63) is 0 Å². The van der Waals surface area contributed by atoms with Crippen LogP contribution in [-0.2, 0) is 10.0 Å². The lowest BCUT2D eigenvalue weighted by Crippen LogP contribution is -2.32. The molecule has 0 aromatic carbocycles. The summed E-state index contributed by atoms with van der Waals surface area (Å²) < 4.78 is 25.2. The minimum atomic E-state index is -3.03. The van der Waals surface area contributed by atoms with Crippen molar-refractivity contribution in [1.82, 2.24) is 4.31 Å². The third kappa shape index (κ3) is 3.11. The van der Waals surface area contributed by atoms with Crippen LogP contribution in [0.25, 0.3) is 0 Å². The molecule has 0 bridgehead atoms. The molecular weight excluding hydrogens is 222 g/mol. The normalized spacial score (nSPS) is 24.7. The molecule has 0 spiro atoms. The molecule has 1 atom stereocenters. The second kappa shape index (κ2) is 4.81. The highest BCUT2D eigenvalue weighted by molar-refractivity contribution is 7.89. The molecule has 1 fully saturated rings. The van der Waals surface area contributed by atoms with Gasteiger partial charge in [0.15, 0.2) is 0 Å². The molecule has 84 valence electrons. The summed E-state index contributed by atoms with van der Waals surface area (Å²) in [4.78, 5) is 0. The summed E-state index contributed by atoms with van der Waals surface area (Å²) in [5, 5.41) is 0. The molecular formula is C9H18ClNO2S. The fourth-order valence-electron chi connectivity index (χ4n) is 1.70. The third-order valence-electron chi connectivity index (χ3n) is 2.40. The van der Waals surface area contributed by atoms with E-state index in [0.717, 1.165) is 6.42 Å². The first-order valence-electron chi connectivity index (χ1n) is 4.99. The zero-order valence-corrected chi connectivity index (χ0v) is 10.3. The Bertz CT molecular complexity index is 277. The van der Waals surface area contributed by atoms with Gasteiger partial charge in [-0.25, -0.2) is 12.7 Å². The van der Waals surface area contributed by atoms with Crippen molar-refractivity contribution in [2.24, 2.45) is 11.8 Å². The van der Waals surface area contributed by atoms with Crippen LogP contribution in [0.3, 0.4) is 0 Å². The Balaban J connectivity index is 2.57. The minimum Gasteiger partial charge on any atom is -0.212 e. The molecule has 5 heteroatoms. The molecule has 0 radical (unpaired) electrons. The van der Waals surface area contributed by atoms with Crippen LogP contribution in [0.2, 0.25) is 0 Å². The number of alkyl halides is 1. The van der Waals surface area contributed by atoms with Crippen molar-refractivity contribution in [3.63, 3.8) is 0 Å². The van der Waals surface area contributed by atoms with Gasteiger partial charge in [-0.05, 0) is 18.3 Å². The standard InChI is InChI=1S/C9H18ClNO2S/c1-8(2)7-14(12,13)11-4-3-9(5-10)6-11/h8-9H,3-7H2,1-2H3. The van der Waals surface area contributed by atoms with Gasteiger partial charge in [0.25, 0.3) is 0 Å². The summed E-state index contributed by atoms with van der Waals surface area (Å²) >= 11 is 5.71. The maximum atomic E-state index is 11.8. The lowest BCUT2D eigenvalue weighted by Gasteiger charge is -2.17. The zero-order valence-electron chi connectivity index (χ0n) is 8.74. The first kappa shape index (κ1) is 12.3. The summed E-state index contributed by atoms with van der Waals surface area (Å²) in [7, 11) is -3.03. The van der Waals surface area contributed by atoms with Crippen LogP contribution in [0, 0.1) is 11.8 Å². The molecule has 1 aliphatic rings. The largest absolute Gasteiger partial charge is 0.214 e. The fourth-order valence-corrected chi connectivity index (χ4v) is 3.83. The van der Waals surface area contributed by atoms with E-state index in [1.165, 1.54) is 0 Å². The van der Waals surface area contributed by atoms with E-state index in [1.54, 1.807) is 4.31 Å². The van der Waals surface area contributed by atoms with Gasteiger partial charge in [0.2, 0.25) is 10.0 Å². The highest BCUT2D eigenvalue weighted by atomic mass is 35.5. The number of nitrogens with zero attached hydrogens (tertiary/aromatic N) is 1. The van der Waals surface area contributed by atoms with Gasteiger partial charge in [-0.2, -0.15) is 0 Å². The molecule has 1 unspecified atom stereocenters. The predicted octanol–water partition coefficient (Wildman–Crippen LogP) is 1.53. The van der Waals surface area contributed by atoms with Gasteiger partial charge in [-0.1, -0.05) is 13.8 Å². The number of hydrogen-bond donors (Lipinski definition) is 0. The molecule has 0 saturated carbocycles. The first-order chi connectivity index (χ1) is 6.45. The van der Waals surface area contributed by atoms with Crippen molar-refractivity contribution in [2.45, 2.75) is 20.3 Å². The number of sulfonamides is 1. The van der Waals surface area contributed by atoms with E-state index in [4.69, 9.17) is 11.6 Å². The van der Waals surface area contributed by atoms with Crippen molar-refractivity contribution in [1.29, 1.82) is 0 Å². The highest BCUT2D eigenvalue weighted by Crippen LogP contribution is 2.21. The molecule has 1 aliphatic heterocycles. The van der Waals surface area contributed by atoms with Crippen molar-refractivity contribution in [2.75, 3.05) is 24.7 Å². The van der Waals surface area contributed by atoms with Crippen LogP contribution < -0.4 is 0 Å². The molecule has 1 saturated heterocycles. The monoisotopic (exact) mass is 239 g/mol. The maximum Gasteiger partial charge on any atom is 0.214 e. The summed E-state index contributed by atoms with van der Waals surface area (Å²) in [6.07, 6.45) is 0.904. The van der Waals surface area contributed by atoms with Gasteiger partial charge in [0, 0.05) is 19.0 Å². The Morgan fingerprint density at radius 3 is 2.57 bits per heavy atom. The molecule has 3 nitrogen and oxygen atoms in total. The average Bonchev–Trinajstić information content (AvgIpc) is 2.49. The van der Waals surface area contributed by atoms with E-state index in [2.05, 4.69) is 0 Å². The molecule has 0 aliphatic carbocycles. The Labute approximate surface area is 91.5 Å². The van der Waals surface area contributed by atoms with Gasteiger partial charge in [-0.15, -0.1) is 11.6 Å². The lowest BCUT2D eigenvalue weighted by atomic mass is 10.2. The third-order valence-corrected chi connectivity index (χ3v) is 5.05. The van der Waals surface area contributed by atoms with Crippen LogP contribution in [0.15, 0.2) is 0 Å². The van der Waals surface area contributed by atoms with Gasteiger partial charge in [0.05, 0.1) is 5.75 Å². The molecule has 1 heterocycles. The van der Waals surface area contributed by atoms with Gasteiger partial charge >= 0.3 is 0 Å². The van der Waals surface area contributed by atoms with E-state index < -0.39 is 10.0 Å². The second-order valence-corrected chi connectivity index (χ2v) is 6.66. The number of hydrogen-bond acceptors (Lipinski definition) is 2. The van der Waals surface area contributed by atoms with Gasteiger partial charge < -0.3 is 0 Å². The van der Waals surface area contributed by atoms with E-state index in [1.807, 2.05) is 13.8 Å².